The lowest BCUT2D eigenvalue weighted by Crippen LogP contribution is -2.49. The SMILES string of the molecule is CCNC(=NCC1(CCOC)CCC1)N1CCOC(c2ccc(C)cc2C)C1.I. The fourth-order valence-electron chi connectivity index (χ4n) is 4.37. The molecule has 0 spiro atoms. The van der Waals surface area contributed by atoms with Gasteiger partial charge in [-0.25, -0.2) is 0 Å². The molecule has 1 saturated carbocycles. The highest BCUT2D eigenvalue weighted by Crippen LogP contribution is 2.44. The minimum Gasteiger partial charge on any atom is -0.385 e. The first-order valence-electron chi connectivity index (χ1n) is 10.8. The van der Waals surface area contributed by atoms with Crippen molar-refractivity contribution in [2.45, 2.75) is 52.6 Å². The molecule has 164 valence electrons. The number of rotatable bonds is 7. The molecule has 5 nitrogen and oxygen atoms in total. The molecule has 0 radical (unpaired) electrons. The van der Waals surface area contributed by atoms with E-state index in [0.717, 1.165) is 51.8 Å². The highest BCUT2D eigenvalue weighted by molar-refractivity contribution is 14.0. The Morgan fingerprint density at radius 2 is 2.14 bits per heavy atom. The smallest absolute Gasteiger partial charge is 0.194 e. The number of aryl methyl sites for hydroxylation is 2. The normalized spacial score (nSPS) is 21.3. The number of hydrogen-bond donors (Lipinski definition) is 1. The van der Waals surface area contributed by atoms with Crippen LogP contribution in [0.25, 0.3) is 0 Å². The first kappa shape index (κ1) is 24.4. The number of ether oxygens (including phenoxy) is 2. The lowest BCUT2D eigenvalue weighted by Gasteiger charge is -2.41. The Bertz CT molecular complexity index is 676. The van der Waals surface area contributed by atoms with Gasteiger partial charge in [0.15, 0.2) is 5.96 Å². The summed E-state index contributed by atoms with van der Waals surface area (Å²) in [5.74, 6) is 1.03. The largest absolute Gasteiger partial charge is 0.385 e. The third-order valence-electron chi connectivity index (χ3n) is 6.29. The van der Waals surface area contributed by atoms with Crippen LogP contribution in [0.2, 0.25) is 0 Å². The van der Waals surface area contributed by atoms with Gasteiger partial charge in [-0.05, 0) is 56.6 Å². The number of nitrogens with one attached hydrogen (secondary N) is 1. The molecule has 1 aromatic carbocycles. The number of nitrogens with zero attached hydrogens (tertiary/aromatic N) is 2. The molecule has 1 N–H and O–H groups in total. The van der Waals surface area contributed by atoms with Crippen LogP contribution in [0.15, 0.2) is 23.2 Å². The van der Waals surface area contributed by atoms with Crippen LogP contribution < -0.4 is 5.32 Å². The van der Waals surface area contributed by atoms with Crippen LogP contribution in [0.1, 0.15) is 55.4 Å². The number of aliphatic imine (C=N–C) groups is 1. The van der Waals surface area contributed by atoms with Crippen molar-refractivity contribution in [2.24, 2.45) is 10.4 Å². The summed E-state index contributed by atoms with van der Waals surface area (Å²) in [5.41, 5.74) is 4.24. The highest BCUT2D eigenvalue weighted by atomic mass is 127. The standard InChI is InChI=1S/C23H37N3O2.HI/c1-5-24-22(25-17-23(9-6-10-23)11-13-27-4)26-12-14-28-21(16-26)20-8-7-18(2)15-19(20)3;/h7-8,15,21H,5-6,9-14,16-17H2,1-4H3,(H,24,25);1H. The topological polar surface area (TPSA) is 46.1 Å². The Kier molecular flexibility index (Phi) is 9.69. The summed E-state index contributed by atoms with van der Waals surface area (Å²) in [4.78, 5) is 7.44. The second kappa shape index (κ2) is 11.5. The molecule has 0 aromatic heterocycles. The summed E-state index contributed by atoms with van der Waals surface area (Å²) < 4.78 is 11.5. The van der Waals surface area contributed by atoms with Gasteiger partial charge in [-0.2, -0.15) is 0 Å². The fraction of sp³-hybridized carbons (Fsp3) is 0.696. The molecule has 2 aliphatic rings. The van der Waals surface area contributed by atoms with Gasteiger partial charge >= 0.3 is 0 Å². The van der Waals surface area contributed by atoms with Crippen LogP contribution in [0, 0.1) is 19.3 Å². The zero-order valence-corrected chi connectivity index (χ0v) is 20.8. The molecule has 3 rings (SSSR count). The molecule has 6 heteroatoms. The maximum atomic E-state index is 6.13. The Hall–Kier alpha value is -0.860. The number of hydrogen-bond acceptors (Lipinski definition) is 3. The van der Waals surface area contributed by atoms with Crippen molar-refractivity contribution in [3.63, 3.8) is 0 Å². The van der Waals surface area contributed by atoms with Crippen molar-refractivity contribution in [3.05, 3.63) is 34.9 Å². The lowest BCUT2D eigenvalue weighted by atomic mass is 9.67. The number of benzene rings is 1. The van der Waals surface area contributed by atoms with E-state index in [1.54, 1.807) is 7.11 Å². The van der Waals surface area contributed by atoms with Gasteiger partial charge in [-0.15, -0.1) is 24.0 Å². The van der Waals surface area contributed by atoms with E-state index in [0.29, 0.717) is 5.41 Å². The summed E-state index contributed by atoms with van der Waals surface area (Å²) >= 11 is 0. The molecule has 0 amide bonds. The van der Waals surface area contributed by atoms with Gasteiger partial charge in [-0.1, -0.05) is 30.2 Å². The van der Waals surface area contributed by atoms with Gasteiger partial charge in [0.05, 0.1) is 13.2 Å². The molecule has 2 fully saturated rings. The first-order valence-corrected chi connectivity index (χ1v) is 10.8. The van der Waals surface area contributed by atoms with Crippen LogP contribution in [-0.4, -0.2) is 57.4 Å². The number of methoxy groups -OCH3 is 1. The minimum absolute atomic E-state index is 0. The van der Waals surface area contributed by atoms with Crippen molar-refractivity contribution in [2.75, 3.05) is 46.5 Å². The molecule has 1 unspecified atom stereocenters. The van der Waals surface area contributed by atoms with Crippen molar-refractivity contribution in [3.8, 4) is 0 Å². The maximum Gasteiger partial charge on any atom is 0.194 e. The van der Waals surface area contributed by atoms with Gasteiger partial charge in [0.1, 0.15) is 6.10 Å². The molecule has 0 bridgehead atoms. The van der Waals surface area contributed by atoms with Gasteiger partial charge in [0.2, 0.25) is 0 Å². The van der Waals surface area contributed by atoms with Gasteiger partial charge < -0.3 is 19.7 Å². The van der Waals surface area contributed by atoms with E-state index in [9.17, 15) is 0 Å². The zero-order chi connectivity index (χ0) is 20.0. The molecule has 1 aromatic rings. The predicted molar refractivity (Wildman–Crippen MR) is 130 cm³/mol. The van der Waals surface area contributed by atoms with E-state index in [1.807, 2.05) is 0 Å². The van der Waals surface area contributed by atoms with E-state index in [1.165, 1.54) is 36.0 Å². The Labute approximate surface area is 193 Å². The second-order valence-electron chi connectivity index (χ2n) is 8.43. The highest BCUT2D eigenvalue weighted by Gasteiger charge is 2.36. The van der Waals surface area contributed by atoms with Gasteiger partial charge in [0.25, 0.3) is 0 Å². The molecular weight excluding hydrogens is 477 g/mol. The van der Waals surface area contributed by atoms with E-state index in [4.69, 9.17) is 14.5 Å². The lowest BCUT2D eigenvalue weighted by molar-refractivity contribution is -0.00854. The van der Waals surface area contributed by atoms with Crippen molar-refractivity contribution in [1.82, 2.24) is 10.2 Å². The molecule has 1 aliphatic heterocycles. The van der Waals surface area contributed by atoms with E-state index >= 15 is 0 Å². The summed E-state index contributed by atoms with van der Waals surface area (Å²) in [6.45, 7) is 11.5. The number of halogens is 1. The average molecular weight is 515 g/mol. The van der Waals surface area contributed by atoms with E-state index in [2.05, 4.69) is 49.2 Å². The van der Waals surface area contributed by atoms with Crippen molar-refractivity contribution in [1.29, 1.82) is 0 Å². The number of guanidine groups is 1. The summed E-state index contributed by atoms with van der Waals surface area (Å²) in [7, 11) is 1.79. The second-order valence-corrected chi connectivity index (χ2v) is 8.43. The Morgan fingerprint density at radius 3 is 2.76 bits per heavy atom. The van der Waals surface area contributed by atoms with E-state index < -0.39 is 0 Å². The molecule has 29 heavy (non-hydrogen) atoms. The molecule has 1 atom stereocenters. The third-order valence-corrected chi connectivity index (χ3v) is 6.29. The molecule has 1 heterocycles. The molecular formula is C23H38IN3O2. The van der Waals surface area contributed by atoms with E-state index in [-0.39, 0.29) is 30.1 Å². The first-order chi connectivity index (χ1) is 13.6. The van der Waals surface area contributed by atoms with Crippen LogP contribution in [0.3, 0.4) is 0 Å². The van der Waals surface area contributed by atoms with Crippen LogP contribution >= 0.6 is 24.0 Å². The summed E-state index contributed by atoms with van der Waals surface area (Å²) in [6.07, 6.45) is 5.08. The monoisotopic (exact) mass is 515 g/mol. The predicted octanol–water partition coefficient (Wildman–Crippen LogP) is 4.47. The van der Waals surface area contributed by atoms with Crippen LogP contribution in [-0.2, 0) is 9.47 Å². The molecule has 1 aliphatic carbocycles. The van der Waals surface area contributed by atoms with Gasteiger partial charge in [-0.3, -0.25) is 4.99 Å². The zero-order valence-electron chi connectivity index (χ0n) is 18.5. The summed E-state index contributed by atoms with van der Waals surface area (Å²) in [5, 5.41) is 3.51. The minimum atomic E-state index is 0. The van der Waals surface area contributed by atoms with Crippen LogP contribution in [0.4, 0.5) is 0 Å². The average Bonchev–Trinajstić information content (AvgIpc) is 2.66. The fourth-order valence-corrected chi connectivity index (χ4v) is 4.37. The van der Waals surface area contributed by atoms with Crippen molar-refractivity contribution >= 4 is 29.9 Å². The number of morpholine rings is 1. The summed E-state index contributed by atoms with van der Waals surface area (Å²) in [6, 6.07) is 6.64. The van der Waals surface area contributed by atoms with Crippen LogP contribution in [0.5, 0.6) is 0 Å². The van der Waals surface area contributed by atoms with Gasteiger partial charge in [0, 0.05) is 33.4 Å². The Morgan fingerprint density at radius 1 is 1.34 bits per heavy atom. The quantitative estimate of drug-likeness (QED) is 0.331. The third kappa shape index (κ3) is 6.31. The van der Waals surface area contributed by atoms with Crippen molar-refractivity contribution < 1.29 is 9.47 Å². The maximum absolute atomic E-state index is 6.13. The Balaban J connectivity index is 0.00000300. The molecule has 1 saturated heterocycles.